The number of esters is 1. The Morgan fingerprint density at radius 3 is 2.33 bits per heavy atom. The maximum atomic E-state index is 13.9. The summed E-state index contributed by atoms with van der Waals surface area (Å²) in [6, 6.07) is 3.22. The largest absolute Gasteiger partial charge is 0.510 e. The molecule has 0 aliphatic heterocycles. The number of likely N-dealkylation sites (N-methyl/N-ethyl adjacent to an activating group) is 1. The molecule has 0 bridgehead atoms. The smallest absolute Gasteiger partial charge is 0.309 e. The highest BCUT2D eigenvalue weighted by atomic mass is 16.5. The van der Waals surface area contributed by atoms with E-state index in [1.807, 2.05) is 0 Å². The first kappa shape index (κ1) is 27.9. The number of ketones is 2. The molecule has 1 aromatic rings. The van der Waals surface area contributed by atoms with E-state index in [0.717, 1.165) is 19.3 Å². The second-order valence-corrected chi connectivity index (χ2v) is 11.5. The highest BCUT2D eigenvalue weighted by Crippen LogP contribution is 2.56. The number of nitrogens with two attached hydrogens (primary N) is 1. The van der Waals surface area contributed by atoms with Crippen LogP contribution in [0.2, 0.25) is 0 Å². The second-order valence-electron chi connectivity index (χ2n) is 11.5. The van der Waals surface area contributed by atoms with Gasteiger partial charge in [0.1, 0.15) is 28.9 Å². The van der Waals surface area contributed by atoms with Crippen molar-refractivity contribution in [3.05, 3.63) is 52.0 Å². The highest BCUT2D eigenvalue weighted by Gasteiger charge is 2.68. The van der Waals surface area contributed by atoms with Crippen LogP contribution in [0.3, 0.4) is 0 Å². The molecule has 4 aliphatic rings. The SMILES string of the molecule is CC1c2cccc(O)c2C(=O)C2=C(O)[C@]3(O)C(=O)C(C(N)=O)=C(O)[C@@H](N(C)C)C3C(OC(=O)C3CCCCC3)C21. The Bertz CT molecular complexity index is 1370. The summed E-state index contributed by atoms with van der Waals surface area (Å²) in [5.74, 6) is -9.84. The molecule has 11 nitrogen and oxygen atoms in total. The molecule has 5 rings (SSSR count). The van der Waals surface area contributed by atoms with Gasteiger partial charge in [-0.25, -0.2) is 0 Å². The van der Waals surface area contributed by atoms with Gasteiger partial charge in [-0.05, 0) is 44.5 Å². The molecule has 6 N–H and O–H groups in total. The summed E-state index contributed by atoms with van der Waals surface area (Å²) >= 11 is 0. The van der Waals surface area contributed by atoms with E-state index in [4.69, 9.17) is 10.5 Å². The first-order valence-electron chi connectivity index (χ1n) is 13.5. The fourth-order valence-corrected chi connectivity index (χ4v) is 7.26. The summed E-state index contributed by atoms with van der Waals surface area (Å²) in [6.45, 7) is 1.73. The van der Waals surface area contributed by atoms with Crippen molar-refractivity contribution in [1.29, 1.82) is 0 Å². The standard InChI is InChI=1S/C29H34N2O9/c1-12-14-10-7-11-15(32)17(14)22(33)18-16(12)24(40-28(38)13-8-5-4-6-9-13)20-21(31(2)3)23(34)19(27(30)37)26(36)29(20,39)25(18)35/h7,10-13,16,20-21,24,32,34-35,39H,4-6,8-9H2,1-3H3,(H2,30,37)/t12?,16?,20?,21-,24?,29-/m0/s1. The van der Waals surface area contributed by atoms with Gasteiger partial charge in [0.25, 0.3) is 5.91 Å². The van der Waals surface area contributed by atoms with Crippen molar-refractivity contribution < 1.29 is 44.3 Å². The number of carbonyl (C=O) groups excluding carboxylic acids is 4. The maximum Gasteiger partial charge on any atom is 0.309 e. The molecule has 0 radical (unpaired) electrons. The summed E-state index contributed by atoms with van der Waals surface area (Å²) in [7, 11) is 3.05. The van der Waals surface area contributed by atoms with Gasteiger partial charge >= 0.3 is 5.97 Å². The van der Waals surface area contributed by atoms with Crippen LogP contribution in [-0.4, -0.2) is 80.6 Å². The molecule has 11 heteroatoms. The van der Waals surface area contributed by atoms with Crippen LogP contribution in [-0.2, 0) is 19.1 Å². The van der Waals surface area contributed by atoms with E-state index >= 15 is 0 Å². The van der Waals surface area contributed by atoms with Gasteiger partial charge in [-0.2, -0.15) is 0 Å². The summed E-state index contributed by atoms with van der Waals surface area (Å²) in [5.41, 5.74) is 1.52. The average Bonchev–Trinajstić information content (AvgIpc) is 2.90. The quantitative estimate of drug-likeness (QED) is 0.271. The van der Waals surface area contributed by atoms with Crippen molar-refractivity contribution >= 4 is 23.4 Å². The molecule has 1 amide bonds. The number of rotatable bonds is 4. The van der Waals surface area contributed by atoms with Crippen LogP contribution in [0.4, 0.5) is 0 Å². The second kappa shape index (κ2) is 9.74. The molecule has 0 spiro atoms. The van der Waals surface area contributed by atoms with E-state index in [1.165, 1.54) is 25.1 Å². The number of ether oxygens (including phenoxy) is 1. The highest BCUT2D eigenvalue weighted by molar-refractivity contribution is 6.25. The molecular formula is C29H34N2O9. The third-order valence-corrected chi connectivity index (χ3v) is 9.16. The number of aliphatic hydroxyl groups is 3. The predicted molar refractivity (Wildman–Crippen MR) is 140 cm³/mol. The molecule has 0 saturated heterocycles. The minimum absolute atomic E-state index is 0.104. The Hall–Kier alpha value is -3.70. The lowest BCUT2D eigenvalue weighted by atomic mass is 9.55. The zero-order chi connectivity index (χ0) is 29.3. The Balaban J connectivity index is 1.79. The lowest BCUT2D eigenvalue weighted by Crippen LogP contribution is -2.69. The minimum atomic E-state index is -2.94. The minimum Gasteiger partial charge on any atom is -0.510 e. The third kappa shape index (κ3) is 3.78. The summed E-state index contributed by atoms with van der Waals surface area (Å²) in [4.78, 5) is 54.9. The van der Waals surface area contributed by atoms with Crippen molar-refractivity contribution in [2.75, 3.05) is 14.1 Å². The van der Waals surface area contributed by atoms with Crippen molar-refractivity contribution in [1.82, 2.24) is 4.90 Å². The number of fused-ring (bicyclic) bond motifs is 3. The van der Waals surface area contributed by atoms with Gasteiger partial charge in [-0.15, -0.1) is 0 Å². The van der Waals surface area contributed by atoms with Crippen molar-refractivity contribution in [3.63, 3.8) is 0 Å². The van der Waals surface area contributed by atoms with Gasteiger partial charge < -0.3 is 30.9 Å². The first-order chi connectivity index (χ1) is 18.8. The first-order valence-corrected chi connectivity index (χ1v) is 13.5. The van der Waals surface area contributed by atoms with Crippen LogP contribution < -0.4 is 5.73 Å². The van der Waals surface area contributed by atoms with Crippen LogP contribution in [0.25, 0.3) is 0 Å². The van der Waals surface area contributed by atoms with E-state index in [0.29, 0.717) is 18.4 Å². The molecule has 1 fully saturated rings. The van der Waals surface area contributed by atoms with E-state index in [9.17, 15) is 39.6 Å². The van der Waals surface area contributed by atoms with Gasteiger partial charge in [0.15, 0.2) is 11.4 Å². The molecule has 1 aromatic carbocycles. The number of amides is 1. The Labute approximate surface area is 230 Å². The van der Waals surface area contributed by atoms with Gasteiger partial charge in [0.05, 0.1) is 23.4 Å². The van der Waals surface area contributed by atoms with Crippen LogP contribution in [0.5, 0.6) is 5.75 Å². The number of aliphatic hydroxyl groups excluding tert-OH is 2. The van der Waals surface area contributed by atoms with Gasteiger partial charge in [-0.1, -0.05) is 38.3 Å². The fourth-order valence-electron chi connectivity index (χ4n) is 7.26. The van der Waals surface area contributed by atoms with Gasteiger partial charge in [-0.3, -0.25) is 24.1 Å². The van der Waals surface area contributed by atoms with E-state index in [-0.39, 0.29) is 11.3 Å². The predicted octanol–water partition coefficient (Wildman–Crippen LogP) is 1.78. The molecule has 6 atom stereocenters. The van der Waals surface area contributed by atoms with Crippen LogP contribution in [0.1, 0.15) is 60.9 Å². The molecule has 4 aliphatic carbocycles. The van der Waals surface area contributed by atoms with E-state index in [2.05, 4.69) is 0 Å². The van der Waals surface area contributed by atoms with E-state index in [1.54, 1.807) is 19.1 Å². The Morgan fingerprint density at radius 2 is 1.73 bits per heavy atom. The summed E-state index contributed by atoms with van der Waals surface area (Å²) in [5, 5.41) is 45.4. The number of phenols is 1. The zero-order valence-corrected chi connectivity index (χ0v) is 22.6. The zero-order valence-electron chi connectivity index (χ0n) is 22.6. The summed E-state index contributed by atoms with van der Waals surface area (Å²) in [6.07, 6.45) is 2.45. The van der Waals surface area contributed by atoms with Crippen LogP contribution >= 0.6 is 0 Å². The molecule has 0 aromatic heterocycles. The number of Topliss-reactive ketones (excluding diaryl/α,β-unsaturated/α-hetero) is 2. The molecule has 0 heterocycles. The summed E-state index contributed by atoms with van der Waals surface area (Å²) < 4.78 is 6.13. The number of hydrogen-bond acceptors (Lipinski definition) is 10. The van der Waals surface area contributed by atoms with Crippen molar-refractivity contribution in [3.8, 4) is 5.75 Å². The number of phenolic OH excluding ortho intramolecular Hbond substituents is 1. The number of nitrogens with zero attached hydrogens (tertiary/aromatic N) is 1. The number of aromatic hydroxyl groups is 1. The van der Waals surface area contributed by atoms with Gasteiger partial charge in [0, 0.05) is 11.5 Å². The van der Waals surface area contributed by atoms with Crippen molar-refractivity contribution in [2.24, 2.45) is 23.5 Å². The maximum absolute atomic E-state index is 13.9. The number of hydrogen-bond donors (Lipinski definition) is 5. The van der Waals surface area contributed by atoms with Crippen LogP contribution in [0.15, 0.2) is 40.9 Å². The number of primary amides is 1. The average molecular weight is 555 g/mol. The molecule has 214 valence electrons. The fraction of sp³-hybridized carbons (Fsp3) is 0.517. The Morgan fingerprint density at radius 1 is 1.07 bits per heavy atom. The third-order valence-electron chi connectivity index (χ3n) is 9.16. The molecular weight excluding hydrogens is 520 g/mol. The topological polar surface area (TPSA) is 188 Å². The lowest BCUT2D eigenvalue weighted by Gasteiger charge is -2.54. The monoisotopic (exact) mass is 554 g/mol. The molecule has 40 heavy (non-hydrogen) atoms. The number of benzene rings is 1. The molecule has 1 saturated carbocycles. The molecule has 4 unspecified atom stereocenters. The van der Waals surface area contributed by atoms with E-state index < -0.39 is 87.5 Å². The lowest BCUT2D eigenvalue weighted by molar-refractivity contribution is -0.184. The number of carbonyl (C=O) groups is 4. The normalized spacial score (nSPS) is 32.5. The Kier molecular flexibility index (Phi) is 6.78. The van der Waals surface area contributed by atoms with Gasteiger partial charge in [0.2, 0.25) is 5.78 Å². The van der Waals surface area contributed by atoms with Crippen LogP contribution in [0, 0.1) is 17.8 Å². The van der Waals surface area contributed by atoms with Crippen molar-refractivity contribution in [2.45, 2.75) is 62.7 Å².